The lowest BCUT2D eigenvalue weighted by atomic mass is 9.58. The molecule has 2 aliphatic carbocycles. The molecular weight excluding hydrogens is 689 g/mol. The summed E-state index contributed by atoms with van der Waals surface area (Å²) in [5.74, 6) is 3.70. The van der Waals surface area contributed by atoms with Crippen molar-refractivity contribution < 1.29 is 20.4 Å². The fourth-order valence-electron chi connectivity index (χ4n) is 10.4. The number of hydrogen-bond acceptors (Lipinski definition) is 4. The minimum absolute atomic E-state index is 0.0559. The summed E-state index contributed by atoms with van der Waals surface area (Å²) >= 11 is 0. The minimum Gasteiger partial charge on any atom is -0.507 e. The molecule has 2 saturated carbocycles. The maximum absolute atomic E-state index is 10.4. The monoisotopic (exact) mass is 761 g/mol. The molecule has 4 heteroatoms. The van der Waals surface area contributed by atoms with E-state index in [0.29, 0.717) is 40.2 Å². The molecule has 1 unspecified atom stereocenters. The summed E-state index contributed by atoms with van der Waals surface area (Å²) in [5.41, 5.74) is 13.1. The van der Waals surface area contributed by atoms with Crippen LogP contribution in [0.15, 0.2) is 48.5 Å². The van der Waals surface area contributed by atoms with Crippen LogP contribution in [-0.4, -0.2) is 20.4 Å². The molecule has 6 rings (SSSR count). The summed E-state index contributed by atoms with van der Waals surface area (Å²) in [4.78, 5) is 0. The predicted octanol–water partition coefficient (Wildman–Crippen LogP) is 13.7. The van der Waals surface area contributed by atoms with Crippen molar-refractivity contribution in [2.75, 3.05) is 0 Å². The molecule has 4 aromatic rings. The Labute approximate surface area is 339 Å². The Morgan fingerprint density at radius 1 is 0.518 bits per heavy atom. The number of aromatic hydroxyl groups is 4. The van der Waals surface area contributed by atoms with Crippen molar-refractivity contribution in [1.29, 1.82) is 0 Å². The van der Waals surface area contributed by atoms with E-state index in [1.165, 1.54) is 54.4 Å². The van der Waals surface area contributed by atoms with Crippen LogP contribution in [0.1, 0.15) is 159 Å². The van der Waals surface area contributed by atoms with Crippen LogP contribution in [0.2, 0.25) is 0 Å². The number of benzene rings is 4. The van der Waals surface area contributed by atoms with Crippen molar-refractivity contribution in [3.05, 3.63) is 115 Å². The van der Waals surface area contributed by atoms with Crippen LogP contribution in [0.4, 0.5) is 0 Å². The Morgan fingerprint density at radius 3 is 1.11 bits per heavy atom. The number of hydrogen-bond donors (Lipinski definition) is 4. The molecule has 2 aliphatic rings. The van der Waals surface area contributed by atoms with Gasteiger partial charge in [-0.2, -0.15) is 0 Å². The molecule has 56 heavy (non-hydrogen) atoms. The van der Waals surface area contributed by atoms with E-state index in [4.69, 9.17) is 0 Å². The highest BCUT2D eigenvalue weighted by atomic mass is 16.3. The molecular formula is C52H72O4. The number of rotatable bonds is 7. The van der Waals surface area contributed by atoms with E-state index in [1.807, 2.05) is 55.4 Å². The molecule has 0 spiro atoms. The summed E-state index contributed by atoms with van der Waals surface area (Å²) in [7, 11) is 0. The van der Waals surface area contributed by atoms with E-state index in [0.717, 1.165) is 76.1 Å². The average Bonchev–Trinajstić information content (AvgIpc) is 3.16. The largest absolute Gasteiger partial charge is 0.507 e. The topological polar surface area (TPSA) is 80.9 Å². The van der Waals surface area contributed by atoms with Gasteiger partial charge in [-0.15, -0.1) is 0 Å². The van der Waals surface area contributed by atoms with Gasteiger partial charge in [0.1, 0.15) is 23.0 Å². The highest BCUT2D eigenvalue weighted by Crippen LogP contribution is 2.53. The molecule has 304 valence electrons. The highest BCUT2D eigenvalue weighted by Gasteiger charge is 2.43. The van der Waals surface area contributed by atoms with Gasteiger partial charge in [-0.1, -0.05) is 102 Å². The normalized spacial score (nSPS) is 18.4. The maximum Gasteiger partial charge on any atom is 0.121 e. The average molecular weight is 761 g/mol. The Bertz CT molecular complexity index is 1830. The van der Waals surface area contributed by atoms with Gasteiger partial charge in [0.25, 0.3) is 0 Å². The second kappa shape index (κ2) is 16.5. The molecule has 4 N–H and O–H groups in total. The Hall–Kier alpha value is -3.92. The lowest BCUT2D eigenvalue weighted by Gasteiger charge is -2.46. The van der Waals surface area contributed by atoms with Crippen molar-refractivity contribution in [3.63, 3.8) is 0 Å². The smallest absolute Gasteiger partial charge is 0.121 e. The zero-order valence-corrected chi connectivity index (χ0v) is 37.0. The maximum atomic E-state index is 10.4. The number of phenols is 4. The van der Waals surface area contributed by atoms with Crippen molar-refractivity contribution in [3.8, 4) is 23.0 Å². The quantitative estimate of drug-likeness (QED) is 0.151. The first kappa shape index (κ1) is 43.2. The summed E-state index contributed by atoms with van der Waals surface area (Å²) in [6.45, 7) is 27.8. The fourth-order valence-corrected chi connectivity index (χ4v) is 10.4. The molecule has 0 amide bonds. The zero-order valence-electron chi connectivity index (χ0n) is 37.0. The summed E-state index contributed by atoms with van der Waals surface area (Å²) in [6.07, 6.45) is 10.6. The second-order valence-electron chi connectivity index (χ2n) is 19.2. The van der Waals surface area contributed by atoms with Gasteiger partial charge in [0.2, 0.25) is 0 Å². The zero-order chi connectivity index (χ0) is 41.5. The molecule has 0 aromatic heterocycles. The van der Waals surface area contributed by atoms with Gasteiger partial charge in [0.05, 0.1) is 0 Å². The molecule has 0 bridgehead atoms. The minimum atomic E-state index is -0.0627. The van der Waals surface area contributed by atoms with Crippen LogP contribution in [-0.2, 0) is 10.8 Å². The lowest BCUT2D eigenvalue weighted by molar-refractivity contribution is 0.125. The van der Waals surface area contributed by atoms with E-state index in [2.05, 4.69) is 83.1 Å². The van der Waals surface area contributed by atoms with Gasteiger partial charge in [0, 0.05) is 10.8 Å². The first-order valence-electron chi connectivity index (χ1n) is 21.4. The van der Waals surface area contributed by atoms with E-state index < -0.39 is 0 Å². The van der Waals surface area contributed by atoms with Crippen LogP contribution < -0.4 is 0 Å². The summed E-state index contributed by atoms with van der Waals surface area (Å²) < 4.78 is 0. The molecule has 0 heterocycles. The molecule has 1 atom stereocenters. The summed E-state index contributed by atoms with van der Waals surface area (Å²) in [6, 6.07) is 17.5. The summed E-state index contributed by atoms with van der Waals surface area (Å²) in [5, 5.41) is 41.3. The third-order valence-corrected chi connectivity index (χ3v) is 14.8. The Morgan fingerprint density at radius 2 is 0.821 bits per heavy atom. The van der Waals surface area contributed by atoms with E-state index in [9.17, 15) is 20.4 Å². The van der Waals surface area contributed by atoms with Crippen LogP contribution in [0.25, 0.3) is 0 Å². The van der Waals surface area contributed by atoms with Gasteiger partial charge >= 0.3 is 0 Å². The molecule has 2 fully saturated rings. The first-order chi connectivity index (χ1) is 26.2. The number of aryl methyl sites for hydroxylation is 8. The highest BCUT2D eigenvalue weighted by molar-refractivity contribution is 5.54. The second-order valence-corrected chi connectivity index (χ2v) is 19.2. The van der Waals surface area contributed by atoms with Crippen molar-refractivity contribution in [2.24, 2.45) is 23.2 Å². The Balaban J connectivity index is 0.000000215. The van der Waals surface area contributed by atoms with Crippen LogP contribution in [0, 0.1) is 78.6 Å². The van der Waals surface area contributed by atoms with Crippen LogP contribution in [0.5, 0.6) is 23.0 Å². The molecule has 0 radical (unpaired) electrons. The predicted molar refractivity (Wildman–Crippen MR) is 235 cm³/mol. The van der Waals surface area contributed by atoms with Crippen molar-refractivity contribution in [2.45, 2.75) is 159 Å². The van der Waals surface area contributed by atoms with Crippen LogP contribution in [0.3, 0.4) is 0 Å². The third kappa shape index (κ3) is 8.23. The lowest BCUT2D eigenvalue weighted by Crippen LogP contribution is -2.37. The molecule has 0 aliphatic heterocycles. The van der Waals surface area contributed by atoms with Crippen LogP contribution >= 0.6 is 0 Å². The standard InChI is InChI=1S/C27H38O2.C25H34O2/c1-8-26(6,7)21-9-11-27(12-10-21,22-13-17(2)24(28)18(3)14-22)23-15-19(4)25(29)20(5)16-23;1-15(2)20-8-7-9-25(14-20,21-10-16(3)23(26)17(4)11-21)22-12-18(5)24(27)19(6)13-22/h13-16,21,28-29H,8-12H2,1-7H3;10-13,15,20,26-27H,7-9,14H2,1-6H3. The first-order valence-corrected chi connectivity index (χ1v) is 21.4. The third-order valence-electron chi connectivity index (χ3n) is 14.8. The van der Waals surface area contributed by atoms with E-state index >= 15 is 0 Å². The molecule has 0 saturated heterocycles. The van der Waals surface area contributed by atoms with E-state index in [1.54, 1.807) is 0 Å². The van der Waals surface area contributed by atoms with Gasteiger partial charge in [-0.3, -0.25) is 0 Å². The molecule has 4 aromatic carbocycles. The van der Waals surface area contributed by atoms with Gasteiger partial charge < -0.3 is 20.4 Å². The van der Waals surface area contributed by atoms with Gasteiger partial charge in [-0.25, -0.2) is 0 Å². The molecule has 4 nitrogen and oxygen atoms in total. The van der Waals surface area contributed by atoms with E-state index in [-0.39, 0.29) is 10.8 Å². The van der Waals surface area contributed by atoms with Crippen molar-refractivity contribution in [1.82, 2.24) is 0 Å². The van der Waals surface area contributed by atoms with Gasteiger partial charge in [0.15, 0.2) is 0 Å². The Kier molecular flexibility index (Phi) is 12.7. The van der Waals surface area contributed by atoms with Crippen molar-refractivity contribution >= 4 is 0 Å². The number of phenolic OH excluding ortho intramolecular Hbond substituents is 4. The SMILES string of the molecule is CCC(C)(C)C1CCC(c2cc(C)c(O)c(C)c2)(c2cc(C)c(O)c(C)c2)CC1.Cc1cc(C2(c3cc(C)c(O)c(C)c3)CCCC(C(C)C)C2)cc(C)c1O. The fraction of sp³-hybridized carbons (Fsp3) is 0.538. The van der Waals surface area contributed by atoms with Gasteiger partial charge in [-0.05, 0) is 184 Å².